The molecule has 1 unspecified atom stereocenters. The summed E-state index contributed by atoms with van der Waals surface area (Å²) in [4.78, 5) is 0. The number of aryl methyl sites for hydroxylation is 2. The van der Waals surface area contributed by atoms with Crippen molar-refractivity contribution >= 4 is 5.57 Å². The zero-order valence-electron chi connectivity index (χ0n) is 14.9. The maximum atomic E-state index is 6.57. The molecular weight excluding hydrogens is 304 g/mol. The molecule has 0 spiro atoms. The van der Waals surface area contributed by atoms with Gasteiger partial charge in [0.1, 0.15) is 5.75 Å². The van der Waals surface area contributed by atoms with E-state index in [0.717, 1.165) is 11.3 Å². The molecule has 124 valence electrons. The second-order valence-electron chi connectivity index (χ2n) is 6.96. The monoisotopic (exact) mass is 326 g/mol. The minimum Gasteiger partial charge on any atom is -0.478 e. The third kappa shape index (κ3) is 2.76. The van der Waals surface area contributed by atoms with E-state index in [1.54, 1.807) is 0 Å². The average molecular weight is 326 g/mol. The maximum Gasteiger partial charge on any atom is 0.150 e. The maximum absolute atomic E-state index is 6.57. The molecule has 1 nitrogen and oxygen atoms in total. The molecule has 1 heteroatoms. The predicted octanol–water partition coefficient (Wildman–Crippen LogP) is 6.04. The average Bonchev–Trinajstić information content (AvgIpc) is 2.63. The molecule has 1 heterocycles. The highest BCUT2D eigenvalue weighted by Gasteiger charge is 2.34. The van der Waals surface area contributed by atoms with Crippen LogP contribution in [-0.2, 0) is 5.60 Å². The molecule has 3 aromatic rings. The van der Waals surface area contributed by atoms with E-state index in [-0.39, 0.29) is 0 Å². The summed E-state index contributed by atoms with van der Waals surface area (Å²) in [5.41, 5.74) is 6.74. The lowest BCUT2D eigenvalue weighted by Crippen LogP contribution is -2.31. The van der Waals surface area contributed by atoms with Gasteiger partial charge in [-0.05, 0) is 60.7 Å². The van der Waals surface area contributed by atoms with Crippen molar-refractivity contribution < 1.29 is 4.74 Å². The summed E-state index contributed by atoms with van der Waals surface area (Å²) in [5.74, 6) is 0.985. The van der Waals surface area contributed by atoms with Crippen molar-refractivity contribution in [2.45, 2.75) is 26.4 Å². The molecular formula is C24H22O. The normalized spacial score (nSPS) is 18.9. The van der Waals surface area contributed by atoms with Crippen molar-refractivity contribution in [3.05, 3.63) is 107 Å². The number of benzene rings is 3. The van der Waals surface area contributed by atoms with E-state index < -0.39 is 5.60 Å². The van der Waals surface area contributed by atoms with Gasteiger partial charge in [0.15, 0.2) is 5.60 Å². The standard InChI is InChI=1S/C24H22O/c1-17-14-18(2)23-21(15-17)22(19-10-6-4-7-11-19)16-24(3,25-23)20-12-8-5-9-13-20/h4-16H,1-3H3. The molecule has 0 saturated heterocycles. The Morgan fingerprint density at radius 3 is 2.12 bits per heavy atom. The van der Waals surface area contributed by atoms with Crippen LogP contribution in [0.5, 0.6) is 5.75 Å². The zero-order valence-corrected chi connectivity index (χ0v) is 14.9. The quantitative estimate of drug-likeness (QED) is 0.557. The number of ether oxygens (including phenoxy) is 1. The summed E-state index contributed by atoms with van der Waals surface area (Å²) in [7, 11) is 0. The Hall–Kier alpha value is -2.80. The zero-order chi connectivity index (χ0) is 17.4. The molecule has 1 aliphatic heterocycles. The summed E-state index contributed by atoms with van der Waals surface area (Å²) in [6.45, 7) is 6.42. The topological polar surface area (TPSA) is 9.23 Å². The fourth-order valence-electron chi connectivity index (χ4n) is 3.65. The minimum atomic E-state index is -0.487. The number of fused-ring (bicyclic) bond motifs is 1. The van der Waals surface area contributed by atoms with E-state index in [4.69, 9.17) is 4.74 Å². The lowest BCUT2D eigenvalue weighted by atomic mass is 9.84. The molecule has 3 aromatic carbocycles. The molecule has 0 fully saturated rings. The summed E-state index contributed by atoms with van der Waals surface area (Å²) in [6, 6.07) is 25.4. The second-order valence-corrected chi connectivity index (χ2v) is 6.96. The molecule has 1 aliphatic rings. The van der Waals surface area contributed by atoms with Crippen molar-refractivity contribution in [1.29, 1.82) is 0 Å². The fourth-order valence-corrected chi connectivity index (χ4v) is 3.65. The van der Waals surface area contributed by atoms with Crippen molar-refractivity contribution in [3.63, 3.8) is 0 Å². The van der Waals surface area contributed by atoms with Crippen molar-refractivity contribution in [2.75, 3.05) is 0 Å². The van der Waals surface area contributed by atoms with Crippen LogP contribution in [0.1, 0.15) is 34.7 Å². The molecule has 0 radical (unpaired) electrons. The Kier molecular flexibility index (Phi) is 3.73. The smallest absolute Gasteiger partial charge is 0.150 e. The number of rotatable bonds is 2. The molecule has 0 aliphatic carbocycles. The van der Waals surface area contributed by atoms with E-state index in [1.165, 1.54) is 27.8 Å². The highest BCUT2D eigenvalue weighted by molar-refractivity contribution is 5.86. The first-order valence-electron chi connectivity index (χ1n) is 8.71. The molecule has 25 heavy (non-hydrogen) atoms. The second kappa shape index (κ2) is 5.93. The van der Waals surface area contributed by atoms with Gasteiger partial charge in [-0.25, -0.2) is 0 Å². The molecule has 0 saturated carbocycles. The summed E-state index contributed by atoms with van der Waals surface area (Å²) in [6.07, 6.45) is 2.26. The van der Waals surface area contributed by atoms with Crippen LogP contribution in [0.15, 0.2) is 78.9 Å². The summed E-state index contributed by atoms with van der Waals surface area (Å²) in [5, 5.41) is 0. The SMILES string of the molecule is Cc1cc(C)c2c(c1)C(c1ccccc1)=CC(C)(c1ccccc1)O2. The minimum absolute atomic E-state index is 0.487. The van der Waals surface area contributed by atoms with Crippen LogP contribution in [0.4, 0.5) is 0 Å². The van der Waals surface area contributed by atoms with E-state index in [0.29, 0.717) is 0 Å². The Morgan fingerprint density at radius 1 is 0.800 bits per heavy atom. The van der Waals surface area contributed by atoms with Gasteiger partial charge in [0.25, 0.3) is 0 Å². The molecule has 1 atom stereocenters. The highest BCUT2D eigenvalue weighted by Crippen LogP contribution is 2.45. The van der Waals surface area contributed by atoms with E-state index in [2.05, 4.69) is 93.6 Å². The first-order chi connectivity index (χ1) is 12.1. The van der Waals surface area contributed by atoms with Crippen LogP contribution >= 0.6 is 0 Å². The lowest BCUT2D eigenvalue weighted by molar-refractivity contribution is 0.136. The largest absolute Gasteiger partial charge is 0.478 e. The molecule has 0 amide bonds. The Morgan fingerprint density at radius 2 is 1.44 bits per heavy atom. The summed E-state index contributed by atoms with van der Waals surface area (Å²) >= 11 is 0. The van der Waals surface area contributed by atoms with Crippen LogP contribution in [-0.4, -0.2) is 0 Å². The number of hydrogen-bond acceptors (Lipinski definition) is 1. The van der Waals surface area contributed by atoms with Crippen molar-refractivity contribution in [1.82, 2.24) is 0 Å². The van der Waals surface area contributed by atoms with Gasteiger partial charge in [0.2, 0.25) is 0 Å². The van der Waals surface area contributed by atoms with Gasteiger partial charge in [0.05, 0.1) is 0 Å². The van der Waals surface area contributed by atoms with Gasteiger partial charge in [-0.2, -0.15) is 0 Å². The summed E-state index contributed by atoms with van der Waals surface area (Å²) < 4.78 is 6.57. The third-order valence-corrected chi connectivity index (χ3v) is 4.87. The van der Waals surface area contributed by atoms with E-state index >= 15 is 0 Å². The van der Waals surface area contributed by atoms with Crippen molar-refractivity contribution in [3.8, 4) is 5.75 Å². The van der Waals surface area contributed by atoms with Gasteiger partial charge >= 0.3 is 0 Å². The Balaban J connectivity index is 1.98. The first-order valence-corrected chi connectivity index (χ1v) is 8.71. The van der Waals surface area contributed by atoms with Gasteiger partial charge in [-0.3, -0.25) is 0 Å². The highest BCUT2D eigenvalue weighted by atomic mass is 16.5. The van der Waals surface area contributed by atoms with Crippen molar-refractivity contribution in [2.24, 2.45) is 0 Å². The molecule has 4 rings (SSSR count). The fraction of sp³-hybridized carbons (Fsp3) is 0.167. The van der Waals surface area contributed by atoms with Crippen LogP contribution in [0.3, 0.4) is 0 Å². The van der Waals surface area contributed by atoms with Gasteiger partial charge in [0, 0.05) is 5.56 Å². The Bertz CT molecular complexity index is 939. The van der Waals surface area contributed by atoms with Crippen LogP contribution in [0, 0.1) is 13.8 Å². The van der Waals surface area contributed by atoms with Gasteiger partial charge in [-0.15, -0.1) is 0 Å². The molecule has 0 N–H and O–H groups in total. The first kappa shape index (κ1) is 15.7. The molecule has 0 bridgehead atoms. The van der Waals surface area contributed by atoms with Crippen LogP contribution in [0.2, 0.25) is 0 Å². The van der Waals surface area contributed by atoms with E-state index in [1.807, 2.05) is 6.07 Å². The van der Waals surface area contributed by atoms with Crippen LogP contribution < -0.4 is 4.74 Å². The Labute approximate surface area is 149 Å². The third-order valence-electron chi connectivity index (χ3n) is 4.87. The van der Waals surface area contributed by atoms with Gasteiger partial charge in [-0.1, -0.05) is 66.7 Å². The van der Waals surface area contributed by atoms with Gasteiger partial charge < -0.3 is 4.74 Å². The lowest BCUT2D eigenvalue weighted by Gasteiger charge is -2.36. The molecule has 0 aromatic heterocycles. The van der Waals surface area contributed by atoms with Crippen LogP contribution in [0.25, 0.3) is 5.57 Å². The predicted molar refractivity (Wildman–Crippen MR) is 104 cm³/mol. The number of hydrogen-bond donors (Lipinski definition) is 0. The van der Waals surface area contributed by atoms with E-state index in [9.17, 15) is 0 Å².